The number of benzene rings is 2. The summed E-state index contributed by atoms with van der Waals surface area (Å²) in [7, 11) is 0. The highest BCUT2D eigenvalue weighted by atomic mass is 35.5. The summed E-state index contributed by atoms with van der Waals surface area (Å²) in [5.74, 6) is 0.124. The van der Waals surface area contributed by atoms with Gasteiger partial charge >= 0.3 is 0 Å². The molecule has 0 N–H and O–H groups in total. The van der Waals surface area contributed by atoms with Gasteiger partial charge in [0.05, 0.1) is 16.5 Å². The Morgan fingerprint density at radius 2 is 1.81 bits per heavy atom. The highest BCUT2D eigenvalue weighted by Crippen LogP contribution is 2.34. The van der Waals surface area contributed by atoms with Crippen molar-refractivity contribution in [1.29, 1.82) is 0 Å². The minimum absolute atomic E-state index is 0.127. The van der Waals surface area contributed by atoms with Crippen LogP contribution in [0.25, 0.3) is 6.08 Å². The molecule has 1 saturated heterocycles. The van der Waals surface area contributed by atoms with Gasteiger partial charge in [0, 0.05) is 10.0 Å². The first-order valence-electron chi connectivity index (χ1n) is 7.53. The largest absolute Gasteiger partial charge is 0.490 e. The van der Waals surface area contributed by atoms with Crippen molar-refractivity contribution in [2.24, 2.45) is 0 Å². The fourth-order valence-corrected chi connectivity index (χ4v) is 3.77. The minimum Gasteiger partial charge on any atom is -0.490 e. The molecule has 0 unspecified atom stereocenters. The van der Waals surface area contributed by atoms with E-state index < -0.39 is 0 Å². The minimum atomic E-state index is -0.381. The van der Waals surface area contributed by atoms with Gasteiger partial charge in [-0.3, -0.25) is 14.5 Å². The van der Waals surface area contributed by atoms with Gasteiger partial charge in [-0.05, 0) is 47.7 Å². The van der Waals surface area contributed by atoms with Crippen molar-refractivity contribution in [1.82, 2.24) is 4.90 Å². The first-order chi connectivity index (χ1) is 12.5. The molecule has 0 atom stereocenters. The predicted molar refractivity (Wildman–Crippen MR) is 106 cm³/mol. The lowest BCUT2D eigenvalue weighted by molar-refractivity contribution is -0.123. The number of nitrogens with zero attached hydrogens (tertiary/aromatic N) is 1. The van der Waals surface area contributed by atoms with Crippen LogP contribution in [0.2, 0.25) is 15.1 Å². The lowest BCUT2D eigenvalue weighted by Gasteiger charge is -2.13. The fraction of sp³-hybridized carbons (Fsp3) is 0.111. The van der Waals surface area contributed by atoms with Gasteiger partial charge < -0.3 is 4.74 Å². The molecular weight excluding hydrogens is 417 g/mol. The Labute approximate surface area is 169 Å². The Balaban J connectivity index is 1.67. The first-order valence-corrected chi connectivity index (χ1v) is 9.48. The van der Waals surface area contributed by atoms with Gasteiger partial charge in [-0.25, -0.2) is 0 Å². The van der Waals surface area contributed by atoms with Crippen molar-refractivity contribution in [3.05, 3.63) is 68.0 Å². The van der Waals surface area contributed by atoms with Crippen LogP contribution in [0.3, 0.4) is 0 Å². The van der Waals surface area contributed by atoms with Gasteiger partial charge in [0.2, 0.25) is 0 Å². The van der Waals surface area contributed by atoms with Crippen molar-refractivity contribution in [2.45, 2.75) is 0 Å². The van der Waals surface area contributed by atoms with E-state index in [2.05, 4.69) is 0 Å². The van der Waals surface area contributed by atoms with Crippen LogP contribution in [-0.2, 0) is 4.79 Å². The van der Waals surface area contributed by atoms with Gasteiger partial charge in [0.15, 0.2) is 0 Å². The molecule has 0 radical (unpaired) electrons. The third kappa shape index (κ3) is 4.35. The molecule has 0 aromatic heterocycles. The number of para-hydroxylation sites is 1. The van der Waals surface area contributed by atoms with Crippen molar-refractivity contribution in [3.63, 3.8) is 0 Å². The molecule has 1 aliphatic rings. The molecule has 0 bridgehead atoms. The van der Waals surface area contributed by atoms with E-state index in [1.165, 1.54) is 0 Å². The number of amides is 2. The Hall–Kier alpha value is -1.66. The van der Waals surface area contributed by atoms with E-state index in [0.717, 1.165) is 16.7 Å². The summed E-state index contributed by atoms with van der Waals surface area (Å²) in [6.45, 7) is 0.276. The third-order valence-corrected chi connectivity index (χ3v) is 5.31. The van der Waals surface area contributed by atoms with Gasteiger partial charge in [-0.2, -0.15) is 0 Å². The van der Waals surface area contributed by atoms with E-state index >= 15 is 0 Å². The molecule has 4 nitrogen and oxygen atoms in total. The Morgan fingerprint density at radius 3 is 2.54 bits per heavy atom. The number of ether oxygens (including phenoxy) is 1. The standard InChI is InChI=1S/C18H12Cl3NO3S/c19-12-6-5-11(14(21)10-12)9-16-17(23)22(18(24)26-16)7-8-25-15-4-2-1-3-13(15)20/h1-6,9-10H,7-8H2/b16-9-. The molecule has 2 aromatic carbocycles. The highest BCUT2D eigenvalue weighted by Gasteiger charge is 2.34. The molecule has 3 rings (SSSR count). The molecule has 2 amide bonds. The number of halogens is 3. The summed E-state index contributed by atoms with van der Waals surface area (Å²) >= 11 is 18.9. The maximum absolute atomic E-state index is 12.5. The monoisotopic (exact) mass is 427 g/mol. The Bertz CT molecular complexity index is 901. The van der Waals surface area contributed by atoms with E-state index in [4.69, 9.17) is 39.5 Å². The van der Waals surface area contributed by atoms with Gasteiger partial charge in [0.25, 0.3) is 11.1 Å². The van der Waals surface area contributed by atoms with Crippen LogP contribution in [0.5, 0.6) is 5.75 Å². The van der Waals surface area contributed by atoms with Crippen molar-refractivity contribution >= 4 is 63.8 Å². The fourth-order valence-electron chi connectivity index (χ4n) is 2.26. The smallest absolute Gasteiger partial charge is 0.293 e. The molecule has 0 aliphatic carbocycles. The van der Waals surface area contributed by atoms with Crippen LogP contribution < -0.4 is 4.74 Å². The van der Waals surface area contributed by atoms with Crippen molar-refractivity contribution in [2.75, 3.05) is 13.2 Å². The second-order valence-electron chi connectivity index (χ2n) is 5.28. The number of carbonyl (C=O) groups is 2. The molecule has 0 spiro atoms. The Morgan fingerprint density at radius 1 is 1.04 bits per heavy atom. The van der Waals surface area contributed by atoms with Crippen LogP contribution in [-0.4, -0.2) is 29.2 Å². The summed E-state index contributed by atoms with van der Waals surface area (Å²) < 4.78 is 5.54. The summed E-state index contributed by atoms with van der Waals surface area (Å²) in [6, 6.07) is 11.9. The van der Waals surface area contributed by atoms with Gasteiger partial charge in [0.1, 0.15) is 12.4 Å². The predicted octanol–water partition coefficient (Wildman–Crippen LogP) is 5.76. The Kier molecular flexibility index (Phi) is 6.14. The molecule has 26 heavy (non-hydrogen) atoms. The summed E-state index contributed by atoms with van der Waals surface area (Å²) in [4.78, 5) is 26.0. The van der Waals surface area contributed by atoms with Crippen LogP contribution >= 0.6 is 46.6 Å². The molecule has 1 fully saturated rings. The SMILES string of the molecule is O=C1S/C(=C\c2ccc(Cl)cc2Cl)C(=O)N1CCOc1ccccc1Cl. The molecule has 1 aliphatic heterocycles. The molecule has 0 saturated carbocycles. The summed E-state index contributed by atoms with van der Waals surface area (Å²) in [5.41, 5.74) is 0.619. The lowest BCUT2D eigenvalue weighted by atomic mass is 10.2. The third-order valence-electron chi connectivity index (χ3n) is 3.53. The van der Waals surface area contributed by atoms with Crippen LogP contribution in [0, 0.1) is 0 Å². The molecule has 134 valence electrons. The average molecular weight is 429 g/mol. The second-order valence-corrected chi connectivity index (χ2v) is 7.52. The summed E-state index contributed by atoms with van der Waals surface area (Å²) in [6.07, 6.45) is 1.58. The van der Waals surface area contributed by atoms with Crippen LogP contribution in [0.1, 0.15) is 5.56 Å². The number of rotatable bonds is 5. The number of hydrogen-bond acceptors (Lipinski definition) is 4. The average Bonchev–Trinajstić information content (AvgIpc) is 2.86. The topological polar surface area (TPSA) is 46.6 Å². The van der Waals surface area contributed by atoms with Gasteiger partial charge in [-0.15, -0.1) is 0 Å². The summed E-state index contributed by atoms with van der Waals surface area (Å²) in [5, 5.41) is 1.02. The van der Waals surface area contributed by atoms with E-state index in [0.29, 0.717) is 31.3 Å². The van der Waals surface area contributed by atoms with E-state index in [-0.39, 0.29) is 24.3 Å². The van der Waals surface area contributed by atoms with E-state index in [1.807, 2.05) is 0 Å². The number of thioether (sulfide) groups is 1. The van der Waals surface area contributed by atoms with Crippen LogP contribution in [0.4, 0.5) is 4.79 Å². The zero-order valence-electron chi connectivity index (χ0n) is 13.2. The number of imide groups is 1. The molecular formula is C18H12Cl3NO3S. The van der Waals surface area contributed by atoms with E-state index in [9.17, 15) is 9.59 Å². The van der Waals surface area contributed by atoms with Crippen LogP contribution in [0.15, 0.2) is 47.4 Å². The van der Waals surface area contributed by atoms with E-state index in [1.54, 1.807) is 48.5 Å². The highest BCUT2D eigenvalue weighted by molar-refractivity contribution is 8.18. The zero-order chi connectivity index (χ0) is 18.7. The van der Waals surface area contributed by atoms with Gasteiger partial charge in [-0.1, -0.05) is 53.0 Å². The van der Waals surface area contributed by atoms with Crippen molar-refractivity contribution in [3.8, 4) is 5.75 Å². The molecule has 1 heterocycles. The zero-order valence-corrected chi connectivity index (χ0v) is 16.3. The van der Waals surface area contributed by atoms with Crippen molar-refractivity contribution < 1.29 is 14.3 Å². The molecule has 8 heteroatoms. The second kappa shape index (κ2) is 8.35. The molecule has 2 aromatic rings. The maximum atomic E-state index is 12.5. The number of hydrogen-bond donors (Lipinski definition) is 0. The maximum Gasteiger partial charge on any atom is 0.293 e. The lowest BCUT2D eigenvalue weighted by Crippen LogP contribution is -2.32. The first kappa shape index (κ1) is 19.1. The normalized spacial score (nSPS) is 15.8. The quantitative estimate of drug-likeness (QED) is 0.568. The number of carbonyl (C=O) groups excluding carboxylic acids is 2.